The first-order valence-electron chi connectivity index (χ1n) is 9.45. The molecule has 0 heterocycles. The lowest BCUT2D eigenvalue weighted by molar-refractivity contribution is -0.144. The van der Waals surface area contributed by atoms with Gasteiger partial charge in [-0.1, -0.05) is 56.3 Å². The SMILES string of the molecule is CC(C)C(S)C(=O)C(N)(C(=O)N[C@@H](Cc1ccc(O)cc1)C(=O)O)c1ccccc1. The van der Waals surface area contributed by atoms with Crippen LogP contribution >= 0.6 is 12.6 Å². The summed E-state index contributed by atoms with van der Waals surface area (Å²) in [5.74, 6) is -2.94. The Morgan fingerprint density at radius 1 is 1.07 bits per heavy atom. The molecule has 8 heteroatoms. The van der Waals surface area contributed by atoms with Crippen LogP contribution in [-0.4, -0.2) is 39.2 Å². The summed E-state index contributed by atoms with van der Waals surface area (Å²) in [6.45, 7) is 3.56. The normalized spacial score (nSPS) is 15.1. The monoisotopic (exact) mass is 430 g/mol. The first kappa shape index (κ1) is 23.4. The highest BCUT2D eigenvalue weighted by Crippen LogP contribution is 2.26. The summed E-state index contributed by atoms with van der Waals surface area (Å²) >= 11 is 4.33. The number of carboxylic acid groups (broad SMARTS) is 1. The van der Waals surface area contributed by atoms with Gasteiger partial charge >= 0.3 is 5.97 Å². The number of hydrogen-bond acceptors (Lipinski definition) is 6. The maximum atomic E-state index is 13.2. The number of nitrogens with two attached hydrogens (primary N) is 1. The number of nitrogens with one attached hydrogen (secondary N) is 1. The fourth-order valence-corrected chi connectivity index (χ4v) is 3.17. The van der Waals surface area contributed by atoms with Crippen LogP contribution < -0.4 is 11.1 Å². The van der Waals surface area contributed by atoms with Crippen molar-refractivity contribution in [3.8, 4) is 5.75 Å². The van der Waals surface area contributed by atoms with Crippen molar-refractivity contribution < 1.29 is 24.6 Å². The zero-order valence-electron chi connectivity index (χ0n) is 16.8. The van der Waals surface area contributed by atoms with Crippen LogP contribution in [0.1, 0.15) is 25.0 Å². The summed E-state index contributed by atoms with van der Waals surface area (Å²) in [4.78, 5) is 38.1. The highest BCUT2D eigenvalue weighted by atomic mass is 32.1. The molecule has 2 aromatic carbocycles. The van der Waals surface area contributed by atoms with Crippen LogP contribution in [0.4, 0.5) is 0 Å². The molecule has 2 rings (SSSR count). The number of thiol groups is 1. The fraction of sp³-hybridized carbons (Fsp3) is 0.318. The van der Waals surface area contributed by atoms with Crippen molar-refractivity contribution in [2.75, 3.05) is 0 Å². The van der Waals surface area contributed by atoms with Crippen LogP contribution in [0.25, 0.3) is 0 Å². The lowest BCUT2D eigenvalue weighted by Gasteiger charge is -2.32. The molecule has 5 N–H and O–H groups in total. The van der Waals surface area contributed by atoms with E-state index in [0.717, 1.165) is 0 Å². The lowest BCUT2D eigenvalue weighted by Crippen LogP contribution is -2.62. The Hall–Kier alpha value is -2.84. The average molecular weight is 431 g/mol. The van der Waals surface area contributed by atoms with Gasteiger partial charge in [-0.2, -0.15) is 12.6 Å². The van der Waals surface area contributed by atoms with Crippen molar-refractivity contribution in [3.05, 3.63) is 65.7 Å². The second kappa shape index (κ2) is 9.77. The van der Waals surface area contributed by atoms with Crippen LogP contribution in [0.5, 0.6) is 5.75 Å². The molecule has 0 bridgehead atoms. The molecule has 0 spiro atoms. The van der Waals surface area contributed by atoms with Gasteiger partial charge in [-0.15, -0.1) is 0 Å². The predicted molar refractivity (Wildman–Crippen MR) is 116 cm³/mol. The van der Waals surface area contributed by atoms with E-state index in [1.165, 1.54) is 12.1 Å². The zero-order chi connectivity index (χ0) is 22.5. The number of hydrogen-bond donors (Lipinski definition) is 5. The quantitative estimate of drug-likeness (QED) is 0.305. The van der Waals surface area contributed by atoms with Gasteiger partial charge in [-0.25, -0.2) is 4.79 Å². The third kappa shape index (κ3) is 5.20. The zero-order valence-corrected chi connectivity index (χ0v) is 17.7. The Morgan fingerprint density at radius 3 is 2.13 bits per heavy atom. The van der Waals surface area contributed by atoms with E-state index in [-0.39, 0.29) is 23.7 Å². The van der Waals surface area contributed by atoms with Crippen LogP contribution in [0.2, 0.25) is 0 Å². The van der Waals surface area contributed by atoms with Crippen molar-refractivity contribution in [2.24, 2.45) is 11.7 Å². The van der Waals surface area contributed by atoms with E-state index in [0.29, 0.717) is 5.56 Å². The smallest absolute Gasteiger partial charge is 0.326 e. The van der Waals surface area contributed by atoms with Crippen molar-refractivity contribution in [1.82, 2.24) is 5.32 Å². The minimum absolute atomic E-state index is 0.0406. The first-order valence-corrected chi connectivity index (χ1v) is 9.97. The summed E-state index contributed by atoms with van der Waals surface area (Å²) in [5.41, 5.74) is 5.11. The maximum Gasteiger partial charge on any atom is 0.326 e. The van der Waals surface area contributed by atoms with Gasteiger partial charge in [-0.05, 0) is 29.2 Å². The number of rotatable bonds is 9. The molecule has 0 saturated heterocycles. The van der Waals surface area contributed by atoms with Crippen molar-refractivity contribution in [2.45, 2.75) is 37.1 Å². The molecule has 0 aliphatic rings. The van der Waals surface area contributed by atoms with Crippen LogP contribution in [0.3, 0.4) is 0 Å². The number of carbonyl (C=O) groups excluding carboxylic acids is 2. The minimum Gasteiger partial charge on any atom is -0.508 e. The highest BCUT2D eigenvalue weighted by molar-refractivity contribution is 7.81. The summed E-state index contributed by atoms with van der Waals surface area (Å²) < 4.78 is 0. The second-order valence-corrected chi connectivity index (χ2v) is 8.02. The van der Waals surface area contributed by atoms with E-state index >= 15 is 0 Å². The molecule has 0 aliphatic carbocycles. The number of ketones is 1. The van der Waals surface area contributed by atoms with Gasteiger partial charge in [0.1, 0.15) is 11.8 Å². The number of phenolic OH excluding ortho intramolecular Hbond substituents is 1. The van der Waals surface area contributed by atoms with Gasteiger partial charge in [-0.3, -0.25) is 9.59 Å². The molecule has 1 amide bonds. The Kier molecular flexibility index (Phi) is 7.64. The molecule has 0 aliphatic heterocycles. The van der Waals surface area contributed by atoms with Crippen molar-refractivity contribution >= 4 is 30.3 Å². The number of amides is 1. The van der Waals surface area contributed by atoms with E-state index in [9.17, 15) is 24.6 Å². The molecule has 30 heavy (non-hydrogen) atoms. The Balaban J connectivity index is 2.37. The molecule has 7 nitrogen and oxygen atoms in total. The predicted octanol–water partition coefficient (Wildman–Crippen LogP) is 1.88. The van der Waals surface area contributed by atoms with Crippen molar-refractivity contribution in [1.29, 1.82) is 0 Å². The molecule has 0 aromatic heterocycles. The summed E-state index contributed by atoms with van der Waals surface area (Å²) in [6, 6.07) is 12.7. The fourth-order valence-electron chi connectivity index (χ4n) is 2.96. The topological polar surface area (TPSA) is 130 Å². The Morgan fingerprint density at radius 2 is 1.63 bits per heavy atom. The molecule has 0 fully saturated rings. The van der Waals surface area contributed by atoms with Crippen LogP contribution in [-0.2, 0) is 26.3 Å². The average Bonchev–Trinajstić information content (AvgIpc) is 2.73. The number of phenols is 1. The third-order valence-electron chi connectivity index (χ3n) is 4.86. The minimum atomic E-state index is -2.10. The molecule has 3 atom stereocenters. The summed E-state index contributed by atoms with van der Waals surface area (Å²) in [5, 5.41) is 20.6. The molecule has 0 saturated carbocycles. The summed E-state index contributed by atoms with van der Waals surface area (Å²) in [7, 11) is 0. The van der Waals surface area contributed by atoms with E-state index in [1.54, 1.807) is 56.3 Å². The largest absolute Gasteiger partial charge is 0.508 e. The van der Waals surface area contributed by atoms with Gasteiger partial charge in [0.25, 0.3) is 5.91 Å². The number of carboxylic acids is 1. The number of aliphatic carboxylic acids is 1. The van der Waals surface area contributed by atoms with E-state index in [2.05, 4.69) is 17.9 Å². The number of aromatic hydroxyl groups is 1. The van der Waals surface area contributed by atoms with E-state index in [1.807, 2.05) is 0 Å². The molecule has 2 unspecified atom stereocenters. The molecule has 160 valence electrons. The second-order valence-electron chi connectivity index (χ2n) is 7.46. The third-order valence-corrected chi connectivity index (χ3v) is 5.69. The number of benzene rings is 2. The lowest BCUT2D eigenvalue weighted by atomic mass is 9.81. The van der Waals surface area contributed by atoms with Gasteiger partial charge in [0, 0.05) is 6.42 Å². The molecular formula is C22H26N2O5S. The maximum absolute atomic E-state index is 13.2. The standard InChI is InChI=1S/C22H26N2O5S/c1-13(2)18(30)19(26)22(23,15-6-4-3-5-7-15)21(29)24-17(20(27)28)12-14-8-10-16(25)11-9-14/h3-11,13,17-18,25,30H,12,23H2,1-2H3,(H,24,29)(H,27,28)/t17-,18?,22?/m0/s1. The molecule has 2 aromatic rings. The van der Waals surface area contributed by atoms with Crippen LogP contribution in [0.15, 0.2) is 54.6 Å². The number of carbonyl (C=O) groups is 3. The van der Waals surface area contributed by atoms with Crippen molar-refractivity contribution in [3.63, 3.8) is 0 Å². The Bertz CT molecular complexity index is 902. The van der Waals surface area contributed by atoms with Gasteiger partial charge in [0.05, 0.1) is 5.25 Å². The Labute approximate surface area is 180 Å². The molecule has 0 radical (unpaired) electrons. The number of Topliss-reactive ketones (excluding diaryl/α,β-unsaturated/α-hetero) is 1. The van der Waals surface area contributed by atoms with Gasteiger partial charge in [0.15, 0.2) is 11.3 Å². The highest BCUT2D eigenvalue weighted by Gasteiger charge is 2.47. The van der Waals surface area contributed by atoms with Crippen LogP contribution in [0, 0.1) is 5.92 Å². The first-order chi connectivity index (χ1) is 14.1. The molecular weight excluding hydrogens is 404 g/mol. The van der Waals surface area contributed by atoms with E-state index in [4.69, 9.17) is 5.73 Å². The van der Waals surface area contributed by atoms with E-state index < -0.39 is 34.5 Å². The summed E-state index contributed by atoms with van der Waals surface area (Å²) in [6.07, 6.45) is -0.0467. The van der Waals surface area contributed by atoms with Gasteiger partial charge < -0.3 is 21.3 Å². The van der Waals surface area contributed by atoms with Gasteiger partial charge in [0.2, 0.25) is 0 Å².